The van der Waals surface area contributed by atoms with Crippen molar-refractivity contribution >= 4 is 0 Å². The molecule has 0 radical (unpaired) electrons. The van der Waals surface area contributed by atoms with E-state index in [1.165, 1.54) is 12.0 Å². The van der Waals surface area contributed by atoms with Gasteiger partial charge in [-0.3, -0.25) is 10.2 Å². The van der Waals surface area contributed by atoms with Crippen LogP contribution >= 0.6 is 0 Å². The van der Waals surface area contributed by atoms with Crippen molar-refractivity contribution in [1.82, 2.24) is 10.2 Å². The number of hydrogen-bond donors (Lipinski definition) is 1. The smallest absolute Gasteiger partial charge is 0.116 e. The van der Waals surface area contributed by atoms with Gasteiger partial charge in [-0.2, -0.15) is 5.26 Å². The molecule has 1 aromatic rings. The minimum Gasteiger partial charge on any atom is -0.300 e. The zero-order chi connectivity index (χ0) is 13.7. The molecule has 0 spiro atoms. The Morgan fingerprint density at radius 2 is 2.16 bits per heavy atom. The second-order valence-corrected chi connectivity index (χ2v) is 5.61. The molecule has 1 aliphatic rings. The first-order chi connectivity index (χ1) is 9.17. The molecule has 1 heterocycles. The Morgan fingerprint density at radius 1 is 1.42 bits per heavy atom. The maximum Gasteiger partial charge on any atom is 0.116 e. The number of benzene rings is 1. The first-order valence-electron chi connectivity index (χ1n) is 7.10. The van der Waals surface area contributed by atoms with E-state index < -0.39 is 5.54 Å². The minimum atomic E-state index is -0.430. The largest absolute Gasteiger partial charge is 0.300 e. The number of likely N-dealkylation sites (tertiary alicyclic amines) is 1. The molecule has 0 aromatic heterocycles. The summed E-state index contributed by atoms with van der Waals surface area (Å²) < 4.78 is 0. The summed E-state index contributed by atoms with van der Waals surface area (Å²) in [4.78, 5) is 2.41. The summed E-state index contributed by atoms with van der Waals surface area (Å²) in [5, 5.41) is 12.6. The summed E-state index contributed by atoms with van der Waals surface area (Å²) in [7, 11) is 0. The highest BCUT2D eigenvalue weighted by Crippen LogP contribution is 2.27. The molecular weight excluding hydrogens is 234 g/mol. The molecule has 0 saturated carbocycles. The second-order valence-electron chi connectivity index (χ2n) is 5.61. The number of likely N-dealkylation sites (N-methyl/N-ethyl adjacent to an activating group) is 1. The van der Waals surface area contributed by atoms with Crippen molar-refractivity contribution in [1.29, 1.82) is 5.26 Å². The second kappa shape index (κ2) is 6.18. The van der Waals surface area contributed by atoms with Crippen LogP contribution in [0.25, 0.3) is 0 Å². The topological polar surface area (TPSA) is 39.1 Å². The minimum absolute atomic E-state index is 0.430. The van der Waals surface area contributed by atoms with Crippen molar-refractivity contribution in [3.05, 3.63) is 35.9 Å². The molecule has 1 N–H and O–H groups in total. The molecule has 0 amide bonds. The van der Waals surface area contributed by atoms with E-state index >= 15 is 0 Å². The number of nitrogens with one attached hydrogen (secondary N) is 1. The number of rotatable bonds is 5. The van der Waals surface area contributed by atoms with Crippen molar-refractivity contribution in [2.45, 2.75) is 31.7 Å². The molecule has 2 unspecified atom stereocenters. The molecule has 2 atom stereocenters. The molecular formula is C16H23N3. The predicted octanol–water partition coefficient (Wildman–Crippen LogP) is 2.37. The summed E-state index contributed by atoms with van der Waals surface area (Å²) in [5.41, 5.74) is 0.993. The number of nitriles is 1. The highest BCUT2D eigenvalue weighted by atomic mass is 15.2. The third-order valence-electron chi connectivity index (χ3n) is 3.90. The summed E-state index contributed by atoms with van der Waals surface area (Å²) >= 11 is 0. The van der Waals surface area contributed by atoms with Gasteiger partial charge >= 0.3 is 0 Å². The van der Waals surface area contributed by atoms with Gasteiger partial charge in [-0.15, -0.1) is 0 Å². The molecule has 2 rings (SSSR count). The van der Waals surface area contributed by atoms with Gasteiger partial charge in [0.1, 0.15) is 5.54 Å². The lowest BCUT2D eigenvalue weighted by Gasteiger charge is -2.28. The van der Waals surface area contributed by atoms with E-state index in [1.807, 2.05) is 13.8 Å². The zero-order valence-corrected chi connectivity index (χ0v) is 11.9. The number of nitrogens with zero attached hydrogens (tertiary/aromatic N) is 2. The van der Waals surface area contributed by atoms with Gasteiger partial charge in [0.2, 0.25) is 0 Å². The van der Waals surface area contributed by atoms with Gasteiger partial charge in [0.25, 0.3) is 0 Å². The van der Waals surface area contributed by atoms with Gasteiger partial charge in [-0.1, -0.05) is 37.3 Å². The Morgan fingerprint density at radius 3 is 2.79 bits per heavy atom. The van der Waals surface area contributed by atoms with E-state index in [0.29, 0.717) is 5.92 Å². The molecule has 3 heteroatoms. The fourth-order valence-corrected chi connectivity index (χ4v) is 2.94. The van der Waals surface area contributed by atoms with Crippen molar-refractivity contribution in [3.8, 4) is 6.07 Å². The van der Waals surface area contributed by atoms with E-state index in [0.717, 1.165) is 26.2 Å². The number of hydrogen-bond acceptors (Lipinski definition) is 3. The average Bonchev–Trinajstić information content (AvgIpc) is 2.88. The van der Waals surface area contributed by atoms with E-state index in [9.17, 15) is 5.26 Å². The maximum atomic E-state index is 9.32. The highest BCUT2D eigenvalue weighted by Gasteiger charge is 2.30. The Hall–Kier alpha value is -1.37. The lowest BCUT2D eigenvalue weighted by Crippen LogP contribution is -2.49. The van der Waals surface area contributed by atoms with E-state index in [4.69, 9.17) is 0 Å². The lowest BCUT2D eigenvalue weighted by molar-refractivity contribution is 0.261. The van der Waals surface area contributed by atoms with Gasteiger partial charge in [-0.25, -0.2) is 0 Å². The SMILES string of the molecule is CCNC(C)(C#N)CN1CCC(c2ccccc2)C1. The Kier molecular flexibility index (Phi) is 4.57. The molecule has 1 saturated heterocycles. The van der Waals surface area contributed by atoms with Crippen LogP contribution in [0.5, 0.6) is 0 Å². The van der Waals surface area contributed by atoms with Crippen LogP contribution in [0.3, 0.4) is 0 Å². The van der Waals surface area contributed by atoms with Crippen molar-refractivity contribution < 1.29 is 0 Å². The molecule has 19 heavy (non-hydrogen) atoms. The van der Waals surface area contributed by atoms with Crippen molar-refractivity contribution in [2.75, 3.05) is 26.2 Å². The third kappa shape index (κ3) is 3.56. The molecule has 0 bridgehead atoms. The van der Waals surface area contributed by atoms with Gasteiger partial charge in [-0.05, 0) is 37.9 Å². The van der Waals surface area contributed by atoms with Crippen LogP contribution < -0.4 is 5.32 Å². The highest BCUT2D eigenvalue weighted by molar-refractivity contribution is 5.21. The van der Waals surface area contributed by atoms with Gasteiger partial charge in [0.15, 0.2) is 0 Å². The van der Waals surface area contributed by atoms with Gasteiger partial charge < -0.3 is 0 Å². The van der Waals surface area contributed by atoms with Gasteiger partial charge in [0, 0.05) is 13.1 Å². The average molecular weight is 257 g/mol. The first-order valence-corrected chi connectivity index (χ1v) is 7.10. The van der Waals surface area contributed by atoms with E-state index in [1.54, 1.807) is 0 Å². The van der Waals surface area contributed by atoms with Crippen LogP contribution in [0.4, 0.5) is 0 Å². The summed E-state index contributed by atoms with van der Waals surface area (Å²) in [6.45, 7) is 7.83. The fourth-order valence-electron chi connectivity index (χ4n) is 2.94. The molecule has 102 valence electrons. The predicted molar refractivity (Wildman–Crippen MR) is 77.9 cm³/mol. The maximum absolute atomic E-state index is 9.32. The molecule has 3 nitrogen and oxygen atoms in total. The Balaban J connectivity index is 1.94. The molecule has 1 fully saturated rings. The normalized spacial score (nSPS) is 22.9. The molecule has 0 aliphatic carbocycles. The summed E-state index contributed by atoms with van der Waals surface area (Å²) in [6, 6.07) is 13.1. The lowest BCUT2D eigenvalue weighted by atomic mass is 9.98. The molecule has 1 aromatic carbocycles. The fraction of sp³-hybridized carbons (Fsp3) is 0.562. The van der Waals surface area contributed by atoms with Crippen LogP contribution in [-0.2, 0) is 0 Å². The van der Waals surface area contributed by atoms with Crippen molar-refractivity contribution in [2.24, 2.45) is 0 Å². The standard InChI is InChI=1S/C16H23N3/c1-3-18-16(2,12-17)13-19-10-9-15(11-19)14-7-5-4-6-8-14/h4-8,15,18H,3,9-11,13H2,1-2H3. The van der Waals surface area contributed by atoms with Crippen LogP contribution in [-0.4, -0.2) is 36.6 Å². The third-order valence-corrected chi connectivity index (χ3v) is 3.90. The Labute approximate surface area is 116 Å². The van der Waals surface area contributed by atoms with Crippen LogP contribution in [0.1, 0.15) is 31.7 Å². The van der Waals surface area contributed by atoms with Crippen LogP contribution in [0.2, 0.25) is 0 Å². The van der Waals surface area contributed by atoms with Gasteiger partial charge in [0.05, 0.1) is 6.07 Å². The zero-order valence-electron chi connectivity index (χ0n) is 11.9. The summed E-state index contributed by atoms with van der Waals surface area (Å²) in [5.74, 6) is 0.616. The monoisotopic (exact) mass is 257 g/mol. The Bertz CT molecular complexity index is 437. The quantitative estimate of drug-likeness (QED) is 0.880. The van der Waals surface area contributed by atoms with Crippen molar-refractivity contribution in [3.63, 3.8) is 0 Å². The van der Waals surface area contributed by atoms with Crippen LogP contribution in [0, 0.1) is 11.3 Å². The van der Waals surface area contributed by atoms with Crippen LogP contribution in [0.15, 0.2) is 30.3 Å². The van der Waals surface area contributed by atoms with E-state index in [2.05, 4.69) is 46.6 Å². The van der Waals surface area contributed by atoms with E-state index in [-0.39, 0.29) is 0 Å². The molecule has 1 aliphatic heterocycles. The first kappa shape index (κ1) is 14.0. The summed E-state index contributed by atoms with van der Waals surface area (Å²) in [6.07, 6.45) is 1.19.